The largest absolute Gasteiger partial charge is 0.523 e. The van der Waals surface area contributed by atoms with Gasteiger partial charge in [-0.1, -0.05) is 0 Å². The molecule has 17 heteroatoms. The standard InChI is InChI=1S/C16H19F6IN2O6S2/c1-8(2)25-11(3-12(23)24-25)13-9-4-14(5-10(9)13,6-30-32(26,27)15(17,18)19)7-31-33(28,29)16(20,21)22/h3,8-10,13H,4-7H2,1-2H3/t9-,10+,13+. The summed E-state index contributed by atoms with van der Waals surface area (Å²) in [5.41, 5.74) is -12.3. The van der Waals surface area contributed by atoms with Crippen molar-refractivity contribution in [2.24, 2.45) is 17.3 Å². The van der Waals surface area contributed by atoms with Gasteiger partial charge < -0.3 is 0 Å². The highest BCUT2D eigenvalue weighted by molar-refractivity contribution is 14.1. The van der Waals surface area contributed by atoms with Crippen LogP contribution in [0.5, 0.6) is 0 Å². The molecule has 190 valence electrons. The maximum atomic E-state index is 12.7. The fourth-order valence-corrected chi connectivity index (χ4v) is 6.01. The van der Waals surface area contributed by atoms with Crippen LogP contribution in [0.25, 0.3) is 0 Å². The van der Waals surface area contributed by atoms with Crippen LogP contribution in [-0.2, 0) is 28.6 Å². The van der Waals surface area contributed by atoms with E-state index < -0.39 is 49.9 Å². The van der Waals surface area contributed by atoms with Crippen molar-refractivity contribution in [1.29, 1.82) is 0 Å². The molecule has 33 heavy (non-hydrogen) atoms. The van der Waals surface area contributed by atoms with Crippen molar-refractivity contribution in [3.05, 3.63) is 15.5 Å². The molecule has 0 bridgehead atoms. The van der Waals surface area contributed by atoms with E-state index >= 15 is 0 Å². The molecule has 2 aliphatic carbocycles. The van der Waals surface area contributed by atoms with Crippen molar-refractivity contribution >= 4 is 42.8 Å². The van der Waals surface area contributed by atoms with Crippen LogP contribution in [0.1, 0.15) is 44.3 Å². The quantitative estimate of drug-likeness (QED) is 0.184. The molecule has 0 radical (unpaired) electrons. The van der Waals surface area contributed by atoms with Gasteiger partial charge in [-0.05, 0) is 67.2 Å². The highest BCUT2D eigenvalue weighted by Gasteiger charge is 2.64. The van der Waals surface area contributed by atoms with Gasteiger partial charge in [0.2, 0.25) is 0 Å². The predicted molar refractivity (Wildman–Crippen MR) is 109 cm³/mol. The molecule has 2 aliphatic rings. The van der Waals surface area contributed by atoms with Crippen molar-refractivity contribution < 1.29 is 51.5 Å². The normalized spacial score (nSPS) is 25.5. The fourth-order valence-electron chi connectivity index (χ4n) is 4.38. The molecule has 8 nitrogen and oxygen atoms in total. The van der Waals surface area contributed by atoms with Crippen molar-refractivity contribution in [1.82, 2.24) is 9.78 Å². The molecular formula is C16H19F6IN2O6S2. The van der Waals surface area contributed by atoms with E-state index in [9.17, 15) is 43.2 Å². The molecule has 1 heterocycles. The Morgan fingerprint density at radius 2 is 1.45 bits per heavy atom. The topological polar surface area (TPSA) is 105 Å². The summed E-state index contributed by atoms with van der Waals surface area (Å²) in [7, 11) is -12.1. The molecule has 0 unspecified atom stereocenters. The van der Waals surface area contributed by atoms with Crippen molar-refractivity contribution in [3.63, 3.8) is 0 Å². The Balaban J connectivity index is 1.81. The summed E-state index contributed by atoms with van der Waals surface area (Å²) >= 11 is 2.01. The minimum absolute atomic E-state index is 0.00452. The maximum Gasteiger partial charge on any atom is 0.523 e. The summed E-state index contributed by atoms with van der Waals surface area (Å²) in [6.45, 7) is 1.45. The van der Waals surface area contributed by atoms with Crippen LogP contribution in [0.3, 0.4) is 0 Å². The van der Waals surface area contributed by atoms with Gasteiger partial charge >= 0.3 is 31.3 Å². The third kappa shape index (κ3) is 5.30. The number of fused-ring (bicyclic) bond motifs is 1. The number of halogens is 7. The average molecular weight is 640 g/mol. The lowest BCUT2D eigenvalue weighted by molar-refractivity contribution is -0.0623. The molecule has 0 aliphatic heterocycles. The Morgan fingerprint density at radius 1 is 1.03 bits per heavy atom. The van der Waals surface area contributed by atoms with Gasteiger partial charge in [-0.3, -0.25) is 13.0 Å². The van der Waals surface area contributed by atoms with Gasteiger partial charge in [0.05, 0.1) is 13.2 Å². The molecule has 1 aromatic rings. The third-order valence-corrected chi connectivity index (χ3v) is 8.36. The van der Waals surface area contributed by atoms with Crippen LogP contribution >= 0.6 is 22.6 Å². The van der Waals surface area contributed by atoms with Gasteiger partial charge in [-0.2, -0.15) is 48.3 Å². The summed E-state index contributed by atoms with van der Waals surface area (Å²) in [5.74, 6) is -0.566. The van der Waals surface area contributed by atoms with Crippen LogP contribution in [0, 0.1) is 21.0 Å². The van der Waals surface area contributed by atoms with Crippen molar-refractivity contribution in [2.45, 2.75) is 49.7 Å². The van der Waals surface area contributed by atoms with Crippen LogP contribution in [-0.4, -0.2) is 50.8 Å². The third-order valence-electron chi connectivity index (χ3n) is 5.84. The summed E-state index contributed by atoms with van der Waals surface area (Å²) in [6, 6.07) is 1.82. The highest BCUT2D eigenvalue weighted by atomic mass is 127. The van der Waals surface area contributed by atoms with Crippen LogP contribution in [0.4, 0.5) is 26.3 Å². The van der Waals surface area contributed by atoms with E-state index in [1.54, 1.807) is 4.68 Å². The smallest absolute Gasteiger partial charge is 0.266 e. The molecular weight excluding hydrogens is 621 g/mol. The van der Waals surface area contributed by atoms with Gasteiger partial charge in [0.1, 0.15) is 3.70 Å². The zero-order valence-corrected chi connectivity index (χ0v) is 20.8. The van der Waals surface area contributed by atoms with E-state index in [2.05, 4.69) is 13.5 Å². The first-order chi connectivity index (χ1) is 14.8. The van der Waals surface area contributed by atoms with E-state index in [1.807, 2.05) is 42.5 Å². The summed E-state index contributed by atoms with van der Waals surface area (Å²) in [6.07, 6.45) is -0.161. The summed E-state index contributed by atoms with van der Waals surface area (Å²) < 4.78 is 132. The molecule has 0 saturated heterocycles. The molecule has 2 saturated carbocycles. The number of hydrogen-bond donors (Lipinski definition) is 0. The number of nitrogens with zero attached hydrogens (tertiary/aromatic N) is 2. The number of alkyl halides is 6. The Bertz CT molecular complexity index is 1050. The van der Waals surface area contributed by atoms with Gasteiger partial charge in [0.25, 0.3) is 0 Å². The van der Waals surface area contributed by atoms with E-state index in [0.717, 1.165) is 5.69 Å². The molecule has 3 rings (SSSR count). The second kappa shape index (κ2) is 8.48. The van der Waals surface area contributed by atoms with Crippen molar-refractivity contribution in [3.8, 4) is 0 Å². The Morgan fingerprint density at radius 3 is 1.82 bits per heavy atom. The lowest BCUT2D eigenvalue weighted by Crippen LogP contribution is -2.38. The molecule has 2 fully saturated rings. The zero-order valence-electron chi connectivity index (χ0n) is 17.0. The minimum Gasteiger partial charge on any atom is -0.266 e. The fraction of sp³-hybridized carbons (Fsp3) is 0.812. The van der Waals surface area contributed by atoms with Crippen molar-refractivity contribution in [2.75, 3.05) is 13.2 Å². The van der Waals surface area contributed by atoms with E-state index in [0.29, 0.717) is 3.70 Å². The first-order valence-electron chi connectivity index (χ1n) is 9.47. The second-order valence-electron chi connectivity index (χ2n) is 8.52. The average Bonchev–Trinajstić information content (AvgIpc) is 2.99. The minimum atomic E-state index is -6.03. The highest BCUT2D eigenvalue weighted by Crippen LogP contribution is 2.68. The van der Waals surface area contributed by atoms with E-state index in [-0.39, 0.29) is 36.6 Å². The SMILES string of the molecule is CC(C)n1nc(I)cc1[C@H]1[C@@H]2CC(COS(=O)(=O)C(F)(F)F)(COS(=O)(=O)C(F)(F)F)C[C@@H]21. The lowest BCUT2D eigenvalue weighted by Gasteiger charge is -2.31. The Hall–Kier alpha value is -0.660. The molecule has 3 atom stereocenters. The Labute approximate surface area is 199 Å². The monoisotopic (exact) mass is 640 g/mol. The number of hydrogen-bond acceptors (Lipinski definition) is 7. The first-order valence-corrected chi connectivity index (χ1v) is 13.4. The lowest BCUT2D eigenvalue weighted by atomic mass is 9.82. The molecule has 0 aromatic carbocycles. The Kier molecular flexibility index (Phi) is 6.92. The summed E-state index contributed by atoms with van der Waals surface area (Å²) in [4.78, 5) is 0. The van der Waals surface area contributed by atoms with Crippen LogP contribution in [0.2, 0.25) is 0 Å². The molecule has 0 N–H and O–H groups in total. The zero-order chi connectivity index (χ0) is 25.2. The van der Waals surface area contributed by atoms with E-state index in [1.165, 1.54) is 0 Å². The predicted octanol–water partition coefficient (Wildman–Crippen LogP) is 3.91. The first kappa shape index (κ1) is 26.9. The molecule has 0 spiro atoms. The molecule has 0 amide bonds. The number of aromatic nitrogens is 2. The van der Waals surface area contributed by atoms with Gasteiger partial charge in [0, 0.05) is 23.1 Å². The second-order valence-corrected chi connectivity index (χ2v) is 12.8. The molecule has 1 aromatic heterocycles. The van der Waals surface area contributed by atoms with Gasteiger partial charge in [-0.25, -0.2) is 0 Å². The summed E-state index contributed by atoms with van der Waals surface area (Å²) in [5, 5.41) is 4.37. The van der Waals surface area contributed by atoms with Gasteiger partial charge in [0.15, 0.2) is 0 Å². The van der Waals surface area contributed by atoms with Crippen LogP contribution in [0.15, 0.2) is 6.07 Å². The maximum absolute atomic E-state index is 12.7. The van der Waals surface area contributed by atoms with E-state index in [4.69, 9.17) is 0 Å². The van der Waals surface area contributed by atoms with Gasteiger partial charge in [-0.15, -0.1) is 0 Å². The van der Waals surface area contributed by atoms with Crippen LogP contribution < -0.4 is 0 Å². The number of rotatable bonds is 8.